The van der Waals surface area contributed by atoms with Crippen LogP contribution in [0.1, 0.15) is 12.0 Å². The van der Waals surface area contributed by atoms with Crippen molar-refractivity contribution in [2.75, 3.05) is 16.0 Å². The zero-order valence-electron chi connectivity index (χ0n) is 14.1. The summed E-state index contributed by atoms with van der Waals surface area (Å²) in [6.45, 7) is 1.91. The number of imide groups is 1. The van der Waals surface area contributed by atoms with Crippen LogP contribution in [0.5, 0.6) is 0 Å². The second-order valence-electron chi connectivity index (χ2n) is 5.94. The van der Waals surface area contributed by atoms with Crippen LogP contribution < -0.4 is 10.2 Å². The molecule has 0 radical (unpaired) electrons. The molecule has 1 fully saturated rings. The van der Waals surface area contributed by atoms with Gasteiger partial charge >= 0.3 is 0 Å². The fourth-order valence-corrected chi connectivity index (χ4v) is 3.88. The van der Waals surface area contributed by atoms with Crippen LogP contribution in [0.2, 0.25) is 5.02 Å². The molecule has 0 saturated carbocycles. The molecule has 2 aromatic rings. The number of aryl methyl sites for hydroxylation is 1. The van der Waals surface area contributed by atoms with Crippen LogP contribution in [0.15, 0.2) is 48.5 Å². The van der Waals surface area contributed by atoms with E-state index in [9.17, 15) is 14.4 Å². The third-order valence-corrected chi connectivity index (χ3v) is 5.45. The summed E-state index contributed by atoms with van der Waals surface area (Å²) in [4.78, 5) is 38.0. The molecule has 1 aliphatic rings. The molecule has 0 aromatic heterocycles. The number of halogens is 1. The molecule has 1 heterocycles. The normalized spacial score (nSPS) is 16.8. The molecule has 3 amide bonds. The largest absolute Gasteiger partial charge is 0.324 e. The second kappa shape index (κ2) is 7.93. The van der Waals surface area contributed by atoms with Crippen molar-refractivity contribution in [2.45, 2.75) is 18.6 Å². The summed E-state index contributed by atoms with van der Waals surface area (Å²) in [6, 6.07) is 14.2. The predicted octanol–water partition coefficient (Wildman–Crippen LogP) is 3.65. The van der Waals surface area contributed by atoms with Gasteiger partial charge in [-0.1, -0.05) is 35.9 Å². The van der Waals surface area contributed by atoms with E-state index in [2.05, 4.69) is 5.32 Å². The summed E-state index contributed by atoms with van der Waals surface area (Å²) in [5.41, 5.74) is 2.09. The first-order valence-corrected chi connectivity index (χ1v) is 9.48. The van der Waals surface area contributed by atoms with Crippen LogP contribution in [-0.4, -0.2) is 28.7 Å². The van der Waals surface area contributed by atoms with Gasteiger partial charge in [-0.15, -0.1) is 11.8 Å². The molecular weight excluding hydrogens is 372 g/mol. The molecule has 1 N–H and O–H groups in total. The van der Waals surface area contributed by atoms with E-state index in [1.807, 2.05) is 19.1 Å². The van der Waals surface area contributed by atoms with E-state index in [1.54, 1.807) is 36.4 Å². The Kier molecular flexibility index (Phi) is 5.64. The Labute approximate surface area is 160 Å². The Morgan fingerprint density at radius 2 is 1.96 bits per heavy atom. The van der Waals surface area contributed by atoms with E-state index in [-0.39, 0.29) is 29.9 Å². The van der Waals surface area contributed by atoms with E-state index in [1.165, 1.54) is 4.90 Å². The second-order valence-corrected chi connectivity index (χ2v) is 7.54. The SMILES string of the molecule is Cc1ccc(NC(=O)CSC2CC(=O)N(c3ccccc3)C2=O)c(Cl)c1. The number of nitrogens with one attached hydrogen (secondary N) is 1. The van der Waals surface area contributed by atoms with Gasteiger partial charge in [0.25, 0.3) is 0 Å². The Morgan fingerprint density at radius 3 is 2.65 bits per heavy atom. The van der Waals surface area contributed by atoms with Crippen LogP contribution in [0.4, 0.5) is 11.4 Å². The molecule has 134 valence electrons. The molecule has 1 unspecified atom stereocenters. The standard InChI is InChI=1S/C19H17ClN2O3S/c1-12-7-8-15(14(20)9-12)21-17(23)11-26-16-10-18(24)22(19(16)25)13-5-3-2-4-6-13/h2-9,16H,10-11H2,1H3,(H,21,23). The highest BCUT2D eigenvalue weighted by atomic mass is 35.5. The van der Waals surface area contributed by atoms with Crippen molar-refractivity contribution in [3.8, 4) is 0 Å². The van der Waals surface area contributed by atoms with Crippen LogP contribution in [0.25, 0.3) is 0 Å². The summed E-state index contributed by atoms with van der Waals surface area (Å²) in [5.74, 6) is -0.733. The number of para-hydroxylation sites is 1. The highest BCUT2D eigenvalue weighted by molar-refractivity contribution is 8.01. The van der Waals surface area contributed by atoms with Crippen LogP contribution >= 0.6 is 23.4 Å². The van der Waals surface area contributed by atoms with Crippen molar-refractivity contribution in [3.05, 3.63) is 59.1 Å². The smallest absolute Gasteiger partial charge is 0.247 e. The third kappa shape index (κ3) is 4.08. The maximum absolute atomic E-state index is 12.5. The van der Waals surface area contributed by atoms with Gasteiger partial charge in [0.1, 0.15) is 0 Å². The zero-order valence-corrected chi connectivity index (χ0v) is 15.6. The van der Waals surface area contributed by atoms with Crippen LogP contribution in [0, 0.1) is 6.92 Å². The van der Waals surface area contributed by atoms with Gasteiger partial charge in [-0.05, 0) is 36.8 Å². The first-order valence-electron chi connectivity index (χ1n) is 8.05. The van der Waals surface area contributed by atoms with Gasteiger partial charge in [0.15, 0.2) is 0 Å². The summed E-state index contributed by atoms with van der Waals surface area (Å²) in [5, 5.41) is 2.64. The molecule has 5 nitrogen and oxygen atoms in total. The number of hydrogen-bond donors (Lipinski definition) is 1. The minimum Gasteiger partial charge on any atom is -0.324 e. The number of rotatable bonds is 5. The van der Waals surface area contributed by atoms with Gasteiger partial charge < -0.3 is 5.32 Å². The number of carbonyl (C=O) groups is 3. The maximum atomic E-state index is 12.5. The van der Waals surface area contributed by atoms with Crippen molar-refractivity contribution < 1.29 is 14.4 Å². The number of amides is 3. The Morgan fingerprint density at radius 1 is 1.23 bits per heavy atom. The molecule has 0 spiro atoms. The van der Waals surface area contributed by atoms with E-state index >= 15 is 0 Å². The number of anilines is 2. The molecule has 0 aliphatic carbocycles. The van der Waals surface area contributed by atoms with Gasteiger partial charge in [0.2, 0.25) is 17.7 Å². The van der Waals surface area contributed by atoms with Gasteiger partial charge in [-0.3, -0.25) is 14.4 Å². The lowest BCUT2D eigenvalue weighted by molar-refractivity contribution is -0.121. The monoisotopic (exact) mass is 388 g/mol. The van der Waals surface area contributed by atoms with Crippen LogP contribution in [-0.2, 0) is 14.4 Å². The van der Waals surface area contributed by atoms with Crippen molar-refractivity contribution >= 4 is 52.5 Å². The van der Waals surface area contributed by atoms with Gasteiger partial charge in [-0.2, -0.15) is 0 Å². The van der Waals surface area contributed by atoms with Crippen molar-refractivity contribution in [1.29, 1.82) is 0 Å². The fraction of sp³-hybridized carbons (Fsp3) is 0.211. The Balaban J connectivity index is 1.59. The number of carbonyl (C=O) groups excluding carboxylic acids is 3. The first-order chi connectivity index (χ1) is 12.5. The van der Waals surface area contributed by atoms with E-state index in [0.29, 0.717) is 16.4 Å². The average molecular weight is 389 g/mol. The van der Waals surface area contributed by atoms with Gasteiger partial charge in [0, 0.05) is 6.42 Å². The minimum absolute atomic E-state index is 0.0660. The lowest BCUT2D eigenvalue weighted by atomic mass is 10.2. The number of hydrogen-bond acceptors (Lipinski definition) is 4. The lowest BCUT2D eigenvalue weighted by Gasteiger charge is -2.14. The number of nitrogens with zero attached hydrogens (tertiary/aromatic N) is 1. The minimum atomic E-state index is -0.554. The predicted molar refractivity (Wildman–Crippen MR) is 105 cm³/mol. The molecule has 3 rings (SSSR count). The summed E-state index contributed by atoms with van der Waals surface area (Å²) < 4.78 is 0. The lowest BCUT2D eigenvalue weighted by Crippen LogP contribution is -2.31. The number of benzene rings is 2. The molecular formula is C19H17ClN2O3S. The average Bonchev–Trinajstić information content (AvgIpc) is 2.90. The highest BCUT2D eigenvalue weighted by Gasteiger charge is 2.39. The van der Waals surface area contributed by atoms with Gasteiger partial charge in [-0.25, -0.2) is 4.90 Å². The fourth-order valence-electron chi connectivity index (χ4n) is 2.67. The Bertz CT molecular complexity index is 857. The third-order valence-electron chi connectivity index (χ3n) is 3.93. The maximum Gasteiger partial charge on any atom is 0.247 e. The van der Waals surface area contributed by atoms with Crippen molar-refractivity contribution in [1.82, 2.24) is 0 Å². The van der Waals surface area contributed by atoms with Crippen molar-refractivity contribution in [3.63, 3.8) is 0 Å². The molecule has 0 bridgehead atoms. The summed E-state index contributed by atoms with van der Waals surface area (Å²) >= 11 is 7.27. The molecule has 1 atom stereocenters. The van der Waals surface area contributed by atoms with E-state index in [0.717, 1.165) is 17.3 Å². The van der Waals surface area contributed by atoms with E-state index < -0.39 is 5.25 Å². The van der Waals surface area contributed by atoms with Gasteiger partial charge in [0.05, 0.1) is 27.4 Å². The highest BCUT2D eigenvalue weighted by Crippen LogP contribution is 2.30. The molecule has 26 heavy (non-hydrogen) atoms. The quantitative estimate of drug-likeness (QED) is 0.794. The molecule has 1 aliphatic heterocycles. The number of thioether (sulfide) groups is 1. The van der Waals surface area contributed by atoms with Crippen LogP contribution in [0.3, 0.4) is 0 Å². The zero-order chi connectivity index (χ0) is 18.7. The first kappa shape index (κ1) is 18.5. The molecule has 7 heteroatoms. The summed E-state index contributed by atoms with van der Waals surface area (Å²) in [7, 11) is 0. The van der Waals surface area contributed by atoms with E-state index in [4.69, 9.17) is 11.6 Å². The topological polar surface area (TPSA) is 66.5 Å². The summed E-state index contributed by atoms with van der Waals surface area (Å²) in [6.07, 6.45) is 0.0942. The molecule has 1 saturated heterocycles. The Hall–Kier alpha value is -2.31. The molecule has 2 aromatic carbocycles. The van der Waals surface area contributed by atoms with Crippen molar-refractivity contribution in [2.24, 2.45) is 0 Å².